The lowest BCUT2D eigenvalue weighted by atomic mass is 10.0. The number of aromatic nitrogens is 2. The Balaban J connectivity index is 1.56. The van der Waals surface area contributed by atoms with Crippen molar-refractivity contribution in [1.82, 2.24) is 9.97 Å². The zero-order valence-corrected chi connectivity index (χ0v) is 13.6. The third kappa shape index (κ3) is 3.21. The molecule has 2 aliphatic rings. The number of nitrogens with one attached hydrogen (secondary N) is 1. The lowest BCUT2D eigenvalue weighted by Crippen LogP contribution is -2.24. The van der Waals surface area contributed by atoms with E-state index in [2.05, 4.69) is 15.3 Å². The monoisotopic (exact) mass is 351 g/mol. The fourth-order valence-corrected chi connectivity index (χ4v) is 3.17. The van der Waals surface area contributed by atoms with Crippen LogP contribution in [0, 0.1) is 11.6 Å². The van der Waals surface area contributed by atoms with Crippen molar-refractivity contribution < 1.29 is 13.5 Å². The highest BCUT2D eigenvalue weighted by Gasteiger charge is 2.32. The van der Waals surface area contributed by atoms with Crippen LogP contribution in [0.4, 0.5) is 14.6 Å². The highest BCUT2D eigenvalue weighted by molar-refractivity contribution is 6.29. The van der Waals surface area contributed by atoms with Crippen molar-refractivity contribution in [3.8, 4) is 0 Å². The van der Waals surface area contributed by atoms with Gasteiger partial charge in [-0.1, -0.05) is 17.7 Å². The van der Waals surface area contributed by atoms with Gasteiger partial charge in [-0.15, -0.1) is 0 Å². The summed E-state index contributed by atoms with van der Waals surface area (Å²) in [5.74, 6) is 0.0557. The third-order valence-corrected chi connectivity index (χ3v) is 4.55. The van der Waals surface area contributed by atoms with Crippen LogP contribution in [0.5, 0.6) is 0 Å². The molecule has 0 bridgehead atoms. The average molecular weight is 352 g/mol. The molecule has 0 amide bonds. The smallest absolute Gasteiger partial charge is 0.159 e. The maximum Gasteiger partial charge on any atom is 0.159 e. The van der Waals surface area contributed by atoms with Gasteiger partial charge in [-0.25, -0.2) is 18.7 Å². The van der Waals surface area contributed by atoms with E-state index in [-0.39, 0.29) is 12.1 Å². The van der Waals surface area contributed by atoms with Gasteiger partial charge in [0.15, 0.2) is 11.6 Å². The van der Waals surface area contributed by atoms with Crippen molar-refractivity contribution in [1.29, 1.82) is 0 Å². The number of halogens is 3. The molecule has 24 heavy (non-hydrogen) atoms. The number of hydrogen-bond donors (Lipinski definition) is 1. The van der Waals surface area contributed by atoms with E-state index < -0.39 is 11.6 Å². The standard InChI is InChI=1S/C17H16ClF2N3O/c18-14-8-15(23-17(22-14)9-1-2-9)21-13-5-6-24-16(13)10-3-4-11(19)12(20)7-10/h3-4,7-9,13,16H,1-2,5-6H2,(H,21,22,23). The van der Waals surface area contributed by atoms with E-state index in [0.29, 0.717) is 29.1 Å². The molecule has 0 radical (unpaired) electrons. The molecule has 4 nitrogen and oxygen atoms in total. The Hall–Kier alpha value is -1.79. The Labute approximate surface area is 143 Å². The summed E-state index contributed by atoms with van der Waals surface area (Å²) in [6.07, 6.45) is 2.55. The first kappa shape index (κ1) is 15.7. The maximum absolute atomic E-state index is 13.5. The van der Waals surface area contributed by atoms with E-state index in [1.54, 1.807) is 12.1 Å². The highest BCUT2D eigenvalue weighted by atomic mass is 35.5. The zero-order valence-electron chi connectivity index (χ0n) is 12.8. The Morgan fingerprint density at radius 3 is 2.67 bits per heavy atom. The van der Waals surface area contributed by atoms with E-state index in [9.17, 15) is 8.78 Å². The lowest BCUT2D eigenvalue weighted by molar-refractivity contribution is 0.107. The van der Waals surface area contributed by atoms with E-state index in [1.807, 2.05) is 0 Å². The lowest BCUT2D eigenvalue weighted by Gasteiger charge is -2.21. The molecular formula is C17H16ClF2N3O. The number of rotatable bonds is 4. The summed E-state index contributed by atoms with van der Waals surface area (Å²) in [7, 11) is 0. The molecule has 1 aliphatic heterocycles. The summed E-state index contributed by atoms with van der Waals surface area (Å²) in [5, 5.41) is 3.71. The molecule has 1 saturated carbocycles. The summed E-state index contributed by atoms with van der Waals surface area (Å²) in [6.45, 7) is 0.537. The summed E-state index contributed by atoms with van der Waals surface area (Å²) >= 11 is 6.09. The Morgan fingerprint density at radius 2 is 1.92 bits per heavy atom. The molecule has 7 heteroatoms. The number of ether oxygens (including phenoxy) is 1. The normalized spacial score (nSPS) is 23.5. The topological polar surface area (TPSA) is 47.0 Å². The van der Waals surface area contributed by atoms with Crippen molar-refractivity contribution >= 4 is 17.4 Å². The average Bonchev–Trinajstić information content (AvgIpc) is 3.30. The quantitative estimate of drug-likeness (QED) is 0.837. The summed E-state index contributed by atoms with van der Waals surface area (Å²) < 4.78 is 32.3. The predicted molar refractivity (Wildman–Crippen MR) is 86.1 cm³/mol. The Kier molecular flexibility index (Phi) is 4.10. The SMILES string of the molecule is Fc1ccc(C2OCCC2Nc2cc(Cl)nc(C3CC3)n2)cc1F. The van der Waals surface area contributed by atoms with Crippen LogP contribution < -0.4 is 5.32 Å². The van der Waals surface area contributed by atoms with Crippen LogP contribution in [-0.2, 0) is 4.74 Å². The first-order valence-corrected chi connectivity index (χ1v) is 8.35. The van der Waals surface area contributed by atoms with Crippen LogP contribution in [0.1, 0.15) is 42.7 Å². The van der Waals surface area contributed by atoms with Gasteiger partial charge in [-0.2, -0.15) is 0 Å². The molecule has 1 N–H and O–H groups in total. The molecule has 4 rings (SSSR count). The van der Waals surface area contributed by atoms with E-state index >= 15 is 0 Å². The predicted octanol–water partition coefficient (Wildman–Crippen LogP) is 4.23. The van der Waals surface area contributed by atoms with Crippen LogP contribution >= 0.6 is 11.6 Å². The van der Waals surface area contributed by atoms with E-state index in [4.69, 9.17) is 16.3 Å². The second-order valence-electron chi connectivity index (χ2n) is 6.21. The minimum atomic E-state index is -0.872. The van der Waals surface area contributed by atoms with Gasteiger partial charge >= 0.3 is 0 Å². The van der Waals surface area contributed by atoms with Gasteiger partial charge in [-0.3, -0.25) is 0 Å². The third-order valence-electron chi connectivity index (χ3n) is 4.35. The van der Waals surface area contributed by atoms with Crippen molar-refractivity contribution in [2.45, 2.75) is 37.3 Å². The Morgan fingerprint density at radius 1 is 1.08 bits per heavy atom. The molecule has 2 unspecified atom stereocenters. The minimum Gasteiger partial charge on any atom is -0.371 e. The molecule has 1 aliphatic carbocycles. The number of anilines is 1. The molecule has 1 aromatic carbocycles. The summed E-state index contributed by atoms with van der Waals surface area (Å²) in [4.78, 5) is 8.78. The minimum absolute atomic E-state index is 0.0899. The van der Waals surface area contributed by atoms with Crippen LogP contribution in [0.25, 0.3) is 0 Å². The van der Waals surface area contributed by atoms with Gasteiger partial charge in [0.05, 0.1) is 6.04 Å². The van der Waals surface area contributed by atoms with Gasteiger partial charge in [0.1, 0.15) is 22.9 Å². The molecule has 0 spiro atoms. The molecule has 126 valence electrons. The zero-order chi connectivity index (χ0) is 16.7. The van der Waals surface area contributed by atoms with Crippen molar-refractivity contribution in [2.75, 3.05) is 11.9 Å². The molecule has 2 fully saturated rings. The number of hydrogen-bond acceptors (Lipinski definition) is 4. The van der Waals surface area contributed by atoms with Gasteiger partial charge < -0.3 is 10.1 Å². The van der Waals surface area contributed by atoms with E-state index in [0.717, 1.165) is 31.2 Å². The van der Waals surface area contributed by atoms with Gasteiger partial charge in [0, 0.05) is 18.6 Å². The molecule has 2 aromatic rings. The molecule has 2 heterocycles. The fraction of sp³-hybridized carbons (Fsp3) is 0.412. The molecular weight excluding hydrogens is 336 g/mol. The van der Waals surface area contributed by atoms with E-state index in [1.165, 1.54) is 6.07 Å². The first-order valence-electron chi connectivity index (χ1n) is 7.98. The second-order valence-corrected chi connectivity index (χ2v) is 6.60. The largest absolute Gasteiger partial charge is 0.371 e. The number of nitrogens with zero attached hydrogens (tertiary/aromatic N) is 2. The second kappa shape index (κ2) is 6.26. The van der Waals surface area contributed by atoms with Crippen LogP contribution in [-0.4, -0.2) is 22.6 Å². The maximum atomic E-state index is 13.5. The summed E-state index contributed by atoms with van der Waals surface area (Å²) in [5.41, 5.74) is 0.603. The molecule has 2 atom stereocenters. The van der Waals surface area contributed by atoms with Crippen LogP contribution in [0.3, 0.4) is 0 Å². The van der Waals surface area contributed by atoms with Gasteiger partial charge in [0.25, 0.3) is 0 Å². The fourth-order valence-electron chi connectivity index (χ4n) is 2.98. The first-order chi connectivity index (χ1) is 11.6. The molecule has 1 saturated heterocycles. The highest BCUT2D eigenvalue weighted by Crippen LogP contribution is 2.39. The van der Waals surface area contributed by atoms with Gasteiger partial charge in [-0.05, 0) is 37.0 Å². The number of benzene rings is 1. The summed E-state index contributed by atoms with van der Waals surface area (Å²) in [6, 6.07) is 5.44. The van der Waals surface area contributed by atoms with Crippen molar-refractivity contribution in [2.24, 2.45) is 0 Å². The molecule has 1 aromatic heterocycles. The van der Waals surface area contributed by atoms with Gasteiger partial charge in [0.2, 0.25) is 0 Å². The Bertz CT molecular complexity index is 769. The van der Waals surface area contributed by atoms with Crippen molar-refractivity contribution in [3.05, 3.63) is 52.4 Å². The van der Waals surface area contributed by atoms with Crippen molar-refractivity contribution in [3.63, 3.8) is 0 Å². The van der Waals surface area contributed by atoms with Crippen LogP contribution in [0.2, 0.25) is 5.15 Å². The van der Waals surface area contributed by atoms with Crippen LogP contribution in [0.15, 0.2) is 24.3 Å².